The summed E-state index contributed by atoms with van der Waals surface area (Å²) in [6.45, 7) is 8.04. The third kappa shape index (κ3) is 5.26. The normalized spacial score (nSPS) is 18.9. The van der Waals surface area contributed by atoms with Gasteiger partial charge < -0.3 is 5.32 Å². The average molecular weight is 378 g/mol. The van der Waals surface area contributed by atoms with Crippen LogP contribution in [-0.2, 0) is 6.42 Å². The zero-order chi connectivity index (χ0) is 19.8. The van der Waals surface area contributed by atoms with Crippen LogP contribution in [0.5, 0.6) is 0 Å². The van der Waals surface area contributed by atoms with E-state index in [4.69, 9.17) is 0 Å². The second-order valence-corrected chi connectivity index (χ2v) is 8.59. The maximum atomic E-state index is 3.77. The molecule has 0 amide bonds. The van der Waals surface area contributed by atoms with E-state index in [9.17, 15) is 0 Å². The van der Waals surface area contributed by atoms with Crippen molar-refractivity contribution in [1.29, 1.82) is 0 Å². The SMILES string of the molecule is CCCCc1ccc(C(c2ccc(C(CC)CCC)cc2)C2CCCN2)cc1. The molecule has 28 heavy (non-hydrogen) atoms. The fourth-order valence-corrected chi connectivity index (χ4v) is 4.86. The van der Waals surface area contributed by atoms with Gasteiger partial charge in [0.15, 0.2) is 0 Å². The topological polar surface area (TPSA) is 12.0 Å². The Morgan fingerprint density at radius 3 is 2.04 bits per heavy atom. The van der Waals surface area contributed by atoms with Crippen LogP contribution in [-0.4, -0.2) is 12.6 Å². The Morgan fingerprint density at radius 2 is 1.50 bits per heavy atom. The van der Waals surface area contributed by atoms with Crippen LogP contribution in [0, 0.1) is 0 Å². The van der Waals surface area contributed by atoms with E-state index in [0.29, 0.717) is 17.9 Å². The van der Waals surface area contributed by atoms with Gasteiger partial charge in [-0.15, -0.1) is 0 Å². The number of aryl methyl sites for hydroxylation is 1. The standard InChI is InChI=1S/C27H39N/c1-4-7-10-21-12-14-24(15-13-21)27(26-11-8-20-28-26)25-18-16-23(17-19-25)22(6-3)9-5-2/h12-19,22,26-28H,4-11,20H2,1-3H3. The highest BCUT2D eigenvalue weighted by Gasteiger charge is 2.27. The van der Waals surface area contributed by atoms with Crippen LogP contribution in [0.4, 0.5) is 0 Å². The summed E-state index contributed by atoms with van der Waals surface area (Å²) in [6.07, 6.45) is 10.1. The molecule has 1 heterocycles. The monoisotopic (exact) mass is 377 g/mol. The van der Waals surface area contributed by atoms with Gasteiger partial charge in [0, 0.05) is 12.0 Å². The molecule has 0 bridgehead atoms. The average Bonchev–Trinajstić information content (AvgIpc) is 3.26. The van der Waals surface area contributed by atoms with Crippen molar-refractivity contribution >= 4 is 0 Å². The van der Waals surface area contributed by atoms with Crippen molar-refractivity contribution in [2.45, 2.75) is 90.0 Å². The van der Waals surface area contributed by atoms with Gasteiger partial charge in [-0.3, -0.25) is 0 Å². The summed E-state index contributed by atoms with van der Waals surface area (Å²) >= 11 is 0. The Labute approximate surface area is 173 Å². The Kier molecular flexibility index (Phi) is 8.15. The van der Waals surface area contributed by atoms with Crippen molar-refractivity contribution in [2.75, 3.05) is 6.54 Å². The molecule has 0 spiro atoms. The predicted octanol–water partition coefficient (Wildman–Crippen LogP) is 7.21. The summed E-state index contributed by atoms with van der Waals surface area (Å²) < 4.78 is 0. The van der Waals surface area contributed by atoms with Crippen LogP contribution in [0.1, 0.15) is 99.8 Å². The van der Waals surface area contributed by atoms with Crippen LogP contribution in [0.25, 0.3) is 0 Å². The molecule has 1 N–H and O–H groups in total. The maximum Gasteiger partial charge on any atom is 0.0243 e. The number of rotatable bonds is 10. The predicted molar refractivity (Wildman–Crippen MR) is 122 cm³/mol. The van der Waals surface area contributed by atoms with E-state index >= 15 is 0 Å². The number of nitrogens with one attached hydrogen (secondary N) is 1. The molecule has 152 valence electrons. The summed E-state index contributed by atoms with van der Waals surface area (Å²) in [5.41, 5.74) is 5.93. The molecule has 1 aliphatic rings. The van der Waals surface area contributed by atoms with Crippen LogP contribution in [0.3, 0.4) is 0 Å². The highest BCUT2D eigenvalue weighted by atomic mass is 14.9. The highest BCUT2D eigenvalue weighted by Crippen LogP contribution is 2.34. The minimum Gasteiger partial charge on any atom is -0.313 e. The van der Waals surface area contributed by atoms with Gasteiger partial charge in [-0.1, -0.05) is 82.1 Å². The van der Waals surface area contributed by atoms with Gasteiger partial charge in [-0.2, -0.15) is 0 Å². The Morgan fingerprint density at radius 1 is 0.857 bits per heavy atom. The summed E-state index contributed by atoms with van der Waals surface area (Å²) in [7, 11) is 0. The van der Waals surface area contributed by atoms with E-state index < -0.39 is 0 Å². The third-order valence-corrected chi connectivity index (χ3v) is 6.56. The van der Waals surface area contributed by atoms with Crippen molar-refractivity contribution in [1.82, 2.24) is 5.32 Å². The lowest BCUT2D eigenvalue weighted by Crippen LogP contribution is -2.29. The maximum absolute atomic E-state index is 3.77. The van der Waals surface area contributed by atoms with Crippen LogP contribution in [0.15, 0.2) is 48.5 Å². The largest absolute Gasteiger partial charge is 0.313 e. The molecule has 3 unspecified atom stereocenters. The molecule has 0 radical (unpaired) electrons. The first kappa shape index (κ1) is 21.1. The number of hydrogen-bond acceptors (Lipinski definition) is 1. The molecule has 0 aliphatic carbocycles. The van der Waals surface area contributed by atoms with E-state index in [0.717, 1.165) is 6.54 Å². The van der Waals surface area contributed by atoms with Gasteiger partial charge in [0.25, 0.3) is 0 Å². The lowest BCUT2D eigenvalue weighted by molar-refractivity contribution is 0.539. The molecule has 1 fully saturated rings. The fraction of sp³-hybridized carbons (Fsp3) is 0.556. The van der Waals surface area contributed by atoms with E-state index in [2.05, 4.69) is 74.6 Å². The quantitative estimate of drug-likeness (QED) is 0.461. The second-order valence-electron chi connectivity index (χ2n) is 8.59. The first-order valence-corrected chi connectivity index (χ1v) is 11.7. The molecule has 1 heteroatoms. The molecular formula is C27H39N. The Bertz CT molecular complexity index is 679. The molecule has 1 saturated heterocycles. The summed E-state index contributed by atoms with van der Waals surface area (Å²) in [5.74, 6) is 1.17. The van der Waals surface area contributed by atoms with Gasteiger partial charge in [0.05, 0.1) is 0 Å². The Balaban J connectivity index is 1.84. The zero-order valence-corrected chi connectivity index (χ0v) is 18.2. The van der Waals surface area contributed by atoms with Crippen LogP contribution >= 0.6 is 0 Å². The molecule has 1 nitrogen and oxygen atoms in total. The number of benzene rings is 2. The van der Waals surface area contributed by atoms with Gasteiger partial charge in [-0.25, -0.2) is 0 Å². The van der Waals surface area contributed by atoms with E-state index in [1.165, 1.54) is 73.6 Å². The molecule has 3 atom stereocenters. The fourth-order valence-electron chi connectivity index (χ4n) is 4.86. The lowest BCUT2D eigenvalue weighted by Gasteiger charge is -2.26. The molecule has 2 aromatic rings. The molecule has 0 saturated carbocycles. The van der Waals surface area contributed by atoms with Crippen molar-refractivity contribution in [3.8, 4) is 0 Å². The highest BCUT2D eigenvalue weighted by molar-refractivity contribution is 5.38. The van der Waals surface area contributed by atoms with E-state index in [1.807, 2.05) is 0 Å². The third-order valence-electron chi connectivity index (χ3n) is 6.56. The van der Waals surface area contributed by atoms with Crippen LogP contribution < -0.4 is 5.32 Å². The van der Waals surface area contributed by atoms with Crippen molar-refractivity contribution in [2.24, 2.45) is 0 Å². The summed E-state index contributed by atoms with van der Waals surface area (Å²) in [4.78, 5) is 0. The van der Waals surface area contributed by atoms with E-state index in [1.54, 1.807) is 0 Å². The summed E-state index contributed by atoms with van der Waals surface area (Å²) in [5, 5.41) is 3.77. The van der Waals surface area contributed by atoms with E-state index in [-0.39, 0.29) is 0 Å². The van der Waals surface area contributed by atoms with Gasteiger partial charge in [-0.05, 0) is 73.2 Å². The second kappa shape index (κ2) is 10.8. The molecular weight excluding hydrogens is 338 g/mol. The molecule has 1 aliphatic heterocycles. The smallest absolute Gasteiger partial charge is 0.0243 e. The molecule has 3 rings (SSSR count). The minimum atomic E-state index is 0.461. The zero-order valence-electron chi connectivity index (χ0n) is 18.2. The van der Waals surface area contributed by atoms with Crippen LogP contribution in [0.2, 0.25) is 0 Å². The Hall–Kier alpha value is -1.60. The first-order chi connectivity index (χ1) is 13.8. The van der Waals surface area contributed by atoms with Gasteiger partial charge in [0.2, 0.25) is 0 Å². The summed E-state index contributed by atoms with van der Waals surface area (Å²) in [6, 6.07) is 19.7. The van der Waals surface area contributed by atoms with Gasteiger partial charge in [0.1, 0.15) is 0 Å². The lowest BCUT2D eigenvalue weighted by atomic mass is 9.82. The molecule has 2 aromatic carbocycles. The minimum absolute atomic E-state index is 0.461. The number of hydrogen-bond donors (Lipinski definition) is 1. The van der Waals surface area contributed by atoms with Crippen molar-refractivity contribution < 1.29 is 0 Å². The number of unbranched alkanes of at least 4 members (excludes halogenated alkanes) is 1. The first-order valence-electron chi connectivity index (χ1n) is 11.7. The van der Waals surface area contributed by atoms with Crippen molar-refractivity contribution in [3.63, 3.8) is 0 Å². The molecule has 0 aromatic heterocycles. The van der Waals surface area contributed by atoms with Gasteiger partial charge >= 0.3 is 0 Å². The van der Waals surface area contributed by atoms with Crippen molar-refractivity contribution in [3.05, 3.63) is 70.8 Å².